The second-order valence-electron chi connectivity index (χ2n) is 5.21. The van der Waals surface area contributed by atoms with Gasteiger partial charge in [0.25, 0.3) is 0 Å². The molecular weight excluding hydrogens is 258 g/mol. The van der Waals surface area contributed by atoms with E-state index in [4.69, 9.17) is 5.73 Å². The van der Waals surface area contributed by atoms with Crippen LogP contribution in [0.4, 0.5) is 5.69 Å². The van der Waals surface area contributed by atoms with Crippen LogP contribution < -0.4 is 5.73 Å². The Morgan fingerprint density at radius 1 is 1.53 bits per heavy atom. The molecule has 1 aromatic carbocycles. The highest BCUT2D eigenvalue weighted by Gasteiger charge is 2.34. The fraction of sp³-hybridized carbons (Fsp3) is 0.571. The smallest absolute Gasteiger partial charge is 0.140 e. The van der Waals surface area contributed by atoms with Crippen molar-refractivity contribution in [2.45, 2.75) is 50.1 Å². The van der Waals surface area contributed by atoms with E-state index in [9.17, 15) is 4.21 Å². The molecule has 106 valence electrons. The summed E-state index contributed by atoms with van der Waals surface area (Å²) in [5.41, 5.74) is 6.46. The number of hydrogen-bond acceptors (Lipinski definition) is 3. The number of nitrogens with two attached hydrogens (primary N) is 1. The molecule has 0 radical (unpaired) electrons. The van der Waals surface area contributed by atoms with Crippen LogP contribution >= 0.6 is 0 Å². The lowest BCUT2D eigenvalue weighted by Crippen LogP contribution is -2.30. The molecule has 0 heterocycles. The van der Waals surface area contributed by atoms with E-state index in [1.807, 2.05) is 36.5 Å². The molecule has 1 saturated carbocycles. The van der Waals surface area contributed by atoms with Crippen LogP contribution in [0.3, 0.4) is 0 Å². The second-order valence-corrected chi connectivity index (χ2v) is 7.46. The zero-order valence-electron chi connectivity index (χ0n) is 11.9. The van der Waals surface area contributed by atoms with Gasteiger partial charge in [-0.05, 0) is 44.4 Å². The molecule has 4 nitrogen and oxygen atoms in total. The SMILES string of the molecule is CCC(C)N=S(=O)(c1cccc(N)c1)N(C)C1CC1. The highest BCUT2D eigenvalue weighted by Crippen LogP contribution is 2.32. The molecule has 1 aliphatic rings. The summed E-state index contributed by atoms with van der Waals surface area (Å²) < 4.78 is 19.9. The van der Waals surface area contributed by atoms with Crippen molar-refractivity contribution in [1.82, 2.24) is 4.31 Å². The molecule has 0 saturated heterocycles. The summed E-state index contributed by atoms with van der Waals surface area (Å²) in [7, 11) is -0.627. The molecule has 2 unspecified atom stereocenters. The number of benzene rings is 1. The lowest BCUT2D eigenvalue weighted by Gasteiger charge is -2.23. The van der Waals surface area contributed by atoms with E-state index in [0.29, 0.717) is 11.7 Å². The summed E-state index contributed by atoms with van der Waals surface area (Å²) in [4.78, 5) is 0.724. The Morgan fingerprint density at radius 3 is 2.74 bits per heavy atom. The molecule has 2 N–H and O–H groups in total. The molecule has 0 aliphatic heterocycles. The van der Waals surface area contributed by atoms with E-state index in [0.717, 1.165) is 24.2 Å². The van der Waals surface area contributed by atoms with Crippen molar-refractivity contribution >= 4 is 15.6 Å². The molecule has 1 aromatic rings. The lowest BCUT2D eigenvalue weighted by atomic mass is 10.3. The molecule has 0 bridgehead atoms. The number of anilines is 1. The Kier molecular flexibility index (Phi) is 4.16. The van der Waals surface area contributed by atoms with E-state index in [1.54, 1.807) is 6.07 Å². The lowest BCUT2D eigenvalue weighted by molar-refractivity contribution is 0.502. The van der Waals surface area contributed by atoms with Crippen molar-refractivity contribution < 1.29 is 4.21 Å². The van der Waals surface area contributed by atoms with Crippen molar-refractivity contribution in [3.05, 3.63) is 24.3 Å². The number of rotatable bonds is 5. The van der Waals surface area contributed by atoms with Gasteiger partial charge < -0.3 is 5.73 Å². The van der Waals surface area contributed by atoms with Crippen LogP contribution in [0.5, 0.6) is 0 Å². The van der Waals surface area contributed by atoms with Crippen molar-refractivity contribution in [2.75, 3.05) is 12.8 Å². The standard InChI is InChI=1S/C14H23N3OS/c1-4-11(2)16-19(18,17(3)13-8-9-13)14-7-5-6-12(15)10-14/h5-7,10-11,13H,4,8-9,15H2,1-3H3. The first-order valence-electron chi connectivity index (χ1n) is 6.82. The maximum atomic E-state index is 13.4. The highest BCUT2D eigenvalue weighted by atomic mass is 32.2. The van der Waals surface area contributed by atoms with Gasteiger partial charge in [-0.1, -0.05) is 13.0 Å². The van der Waals surface area contributed by atoms with Gasteiger partial charge in [0.1, 0.15) is 9.92 Å². The Bertz CT molecular complexity index is 560. The zero-order chi connectivity index (χ0) is 14.0. The predicted molar refractivity (Wildman–Crippen MR) is 80.2 cm³/mol. The molecule has 5 heteroatoms. The van der Waals surface area contributed by atoms with Crippen molar-refractivity contribution in [2.24, 2.45) is 4.36 Å². The average Bonchev–Trinajstić information content (AvgIpc) is 3.21. The van der Waals surface area contributed by atoms with Gasteiger partial charge in [-0.25, -0.2) is 12.9 Å². The van der Waals surface area contributed by atoms with Crippen LogP contribution in [0.2, 0.25) is 0 Å². The Morgan fingerprint density at radius 2 is 2.21 bits per heavy atom. The van der Waals surface area contributed by atoms with E-state index in [2.05, 4.69) is 11.3 Å². The fourth-order valence-electron chi connectivity index (χ4n) is 1.94. The summed E-state index contributed by atoms with van der Waals surface area (Å²) in [5.74, 6) is 0. The van der Waals surface area contributed by atoms with E-state index in [1.165, 1.54) is 0 Å². The van der Waals surface area contributed by atoms with Gasteiger partial charge in [0, 0.05) is 18.8 Å². The number of hydrogen-bond donors (Lipinski definition) is 1. The molecule has 1 aliphatic carbocycles. The van der Waals surface area contributed by atoms with Crippen LogP contribution in [0.25, 0.3) is 0 Å². The first-order valence-corrected chi connectivity index (χ1v) is 8.29. The summed E-state index contributed by atoms with van der Waals surface area (Å²) >= 11 is 0. The molecular formula is C14H23N3OS. The number of nitrogen functional groups attached to an aromatic ring is 1. The van der Waals surface area contributed by atoms with Gasteiger partial charge in [-0.3, -0.25) is 0 Å². The highest BCUT2D eigenvalue weighted by molar-refractivity contribution is 7.91. The van der Waals surface area contributed by atoms with Gasteiger partial charge in [-0.15, -0.1) is 0 Å². The van der Waals surface area contributed by atoms with Crippen molar-refractivity contribution in [1.29, 1.82) is 0 Å². The second kappa shape index (κ2) is 5.51. The monoisotopic (exact) mass is 281 g/mol. The predicted octanol–water partition coefficient (Wildman–Crippen LogP) is 2.90. The van der Waals surface area contributed by atoms with Crippen LogP contribution in [0, 0.1) is 0 Å². The van der Waals surface area contributed by atoms with Crippen LogP contribution in [0.1, 0.15) is 33.1 Å². The fourth-order valence-corrected chi connectivity index (χ4v) is 4.34. The summed E-state index contributed by atoms with van der Waals surface area (Å²) in [5, 5.41) is 0. The van der Waals surface area contributed by atoms with Crippen molar-refractivity contribution in [3.8, 4) is 0 Å². The first-order chi connectivity index (χ1) is 8.97. The maximum Gasteiger partial charge on any atom is 0.140 e. The van der Waals surface area contributed by atoms with Gasteiger partial charge >= 0.3 is 0 Å². The van der Waals surface area contributed by atoms with Gasteiger partial charge in [0.2, 0.25) is 0 Å². The zero-order valence-corrected chi connectivity index (χ0v) is 12.7. The molecule has 19 heavy (non-hydrogen) atoms. The third kappa shape index (κ3) is 3.09. The first kappa shape index (κ1) is 14.3. The van der Waals surface area contributed by atoms with Crippen LogP contribution in [-0.4, -0.2) is 27.6 Å². The topological polar surface area (TPSA) is 58.7 Å². The number of nitrogens with zero attached hydrogens (tertiary/aromatic N) is 2. The Balaban J connectivity index is 2.50. The Labute approximate surface area is 116 Å². The quantitative estimate of drug-likeness (QED) is 0.844. The van der Waals surface area contributed by atoms with Gasteiger partial charge in [-0.2, -0.15) is 0 Å². The minimum absolute atomic E-state index is 0.0788. The summed E-state index contributed by atoms with van der Waals surface area (Å²) in [6.07, 6.45) is 3.09. The normalized spacial score (nSPS) is 20.0. The van der Waals surface area contributed by atoms with E-state index < -0.39 is 9.92 Å². The third-order valence-electron chi connectivity index (χ3n) is 3.53. The van der Waals surface area contributed by atoms with Crippen molar-refractivity contribution in [3.63, 3.8) is 0 Å². The Hall–Kier alpha value is -1.07. The molecule has 2 atom stereocenters. The summed E-state index contributed by atoms with van der Waals surface area (Å²) in [6.45, 7) is 4.07. The molecule has 0 aromatic heterocycles. The van der Waals surface area contributed by atoms with Crippen LogP contribution in [0.15, 0.2) is 33.5 Å². The van der Waals surface area contributed by atoms with Gasteiger partial charge in [0.05, 0.1) is 10.9 Å². The minimum Gasteiger partial charge on any atom is -0.399 e. The third-order valence-corrected chi connectivity index (χ3v) is 6.12. The maximum absolute atomic E-state index is 13.4. The van der Waals surface area contributed by atoms with Crippen LogP contribution in [-0.2, 0) is 9.92 Å². The molecule has 0 spiro atoms. The van der Waals surface area contributed by atoms with E-state index in [-0.39, 0.29) is 6.04 Å². The summed E-state index contributed by atoms with van der Waals surface area (Å²) in [6, 6.07) is 7.77. The molecule has 0 amide bonds. The minimum atomic E-state index is -2.54. The van der Waals surface area contributed by atoms with Gasteiger partial charge in [0.15, 0.2) is 0 Å². The average molecular weight is 281 g/mol. The molecule has 1 fully saturated rings. The molecule has 2 rings (SSSR count). The van der Waals surface area contributed by atoms with E-state index >= 15 is 0 Å². The largest absolute Gasteiger partial charge is 0.399 e.